The van der Waals surface area contributed by atoms with Crippen molar-refractivity contribution >= 4 is 10.0 Å². The van der Waals surface area contributed by atoms with E-state index in [2.05, 4.69) is 9.62 Å². The molecule has 0 bridgehead atoms. The van der Waals surface area contributed by atoms with E-state index in [1.807, 2.05) is 6.07 Å². The van der Waals surface area contributed by atoms with Gasteiger partial charge in [-0.1, -0.05) is 36.4 Å². The number of hydrogen-bond donors (Lipinski definition) is 1. The molecule has 1 aliphatic heterocycles. The number of benzene rings is 2. The fourth-order valence-electron chi connectivity index (χ4n) is 2.92. The Morgan fingerprint density at radius 1 is 1.00 bits per heavy atom. The van der Waals surface area contributed by atoms with Crippen molar-refractivity contribution in [2.45, 2.75) is 10.9 Å². The normalized spacial score (nSPS) is 17.2. The van der Waals surface area contributed by atoms with Gasteiger partial charge in [-0.25, -0.2) is 21.9 Å². The van der Waals surface area contributed by atoms with E-state index in [1.54, 1.807) is 24.3 Å². The summed E-state index contributed by atoms with van der Waals surface area (Å²) in [6, 6.07) is 11.3. The topological polar surface area (TPSA) is 58.6 Å². The Morgan fingerprint density at radius 2 is 1.62 bits per heavy atom. The fourth-order valence-corrected chi connectivity index (χ4v) is 4.28. The molecule has 0 aromatic heterocycles. The minimum absolute atomic E-state index is 0.378. The molecule has 2 aromatic carbocycles. The van der Waals surface area contributed by atoms with Gasteiger partial charge >= 0.3 is 0 Å². The largest absolute Gasteiger partial charge is 0.379 e. The molecule has 1 N–H and O–H groups in total. The number of morpholine rings is 1. The third kappa shape index (κ3) is 4.45. The summed E-state index contributed by atoms with van der Waals surface area (Å²) in [5.74, 6) is -2.23. The maximum absolute atomic E-state index is 14.0. The van der Waals surface area contributed by atoms with Crippen LogP contribution >= 0.6 is 0 Å². The van der Waals surface area contributed by atoms with Crippen LogP contribution in [0.4, 0.5) is 8.78 Å². The van der Waals surface area contributed by atoms with E-state index >= 15 is 0 Å². The Morgan fingerprint density at radius 3 is 2.23 bits per heavy atom. The molecule has 1 saturated heterocycles. The average molecular weight is 382 g/mol. The number of hydrogen-bond acceptors (Lipinski definition) is 4. The summed E-state index contributed by atoms with van der Waals surface area (Å²) in [4.78, 5) is 1.10. The lowest BCUT2D eigenvalue weighted by Gasteiger charge is -2.31. The minimum Gasteiger partial charge on any atom is -0.379 e. The summed E-state index contributed by atoms with van der Waals surface area (Å²) >= 11 is 0. The first-order chi connectivity index (χ1) is 12.5. The van der Waals surface area contributed by atoms with Gasteiger partial charge in [0.05, 0.1) is 19.3 Å². The van der Waals surface area contributed by atoms with Crippen LogP contribution in [0.5, 0.6) is 0 Å². The van der Waals surface area contributed by atoms with E-state index in [4.69, 9.17) is 4.74 Å². The summed E-state index contributed by atoms with van der Waals surface area (Å²) in [6.07, 6.45) is 0. The van der Waals surface area contributed by atoms with E-state index in [1.165, 1.54) is 0 Å². The van der Waals surface area contributed by atoms with Crippen LogP contribution in [0.1, 0.15) is 11.6 Å². The number of nitrogens with one attached hydrogen (secondary N) is 1. The smallest absolute Gasteiger partial charge is 0.247 e. The highest BCUT2D eigenvalue weighted by Crippen LogP contribution is 2.23. The number of rotatable bonds is 6. The van der Waals surface area contributed by atoms with Gasteiger partial charge in [0, 0.05) is 19.6 Å². The van der Waals surface area contributed by atoms with Gasteiger partial charge in [-0.2, -0.15) is 0 Å². The lowest BCUT2D eigenvalue weighted by Crippen LogP contribution is -2.43. The van der Waals surface area contributed by atoms with Crippen LogP contribution in [0, 0.1) is 11.6 Å². The van der Waals surface area contributed by atoms with Crippen LogP contribution in [0.25, 0.3) is 0 Å². The molecule has 1 heterocycles. The number of sulfonamides is 1. The molecule has 1 atom stereocenters. The van der Waals surface area contributed by atoms with Crippen molar-refractivity contribution in [1.82, 2.24) is 9.62 Å². The molecule has 26 heavy (non-hydrogen) atoms. The first-order valence-electron chi connectivity index (χ1n) is 8.29. The van der Waals surface area contributed by atoms with Gasteiger partial charge in [-0.05, 0) is 17.7 Å². The monoisotopic (exact) mass is 382 g/mol. The molecule has 1 fully saturated rings. The van der Waals surface area contributed by atoms with Crippen molar-refractivity contribution < 1.29 is 21.9 Å². The van der Waals surface area contributed by atoms with Crippen molar-refractivity contribution in [1.29, 1.82) is 0 Å². The molecule has 0 aliphatic carbocycles. The Kier molecular flexibility index (Phi) is 5.98. The average Bonchev–Trinajstić information content (AvgIpc) is 2.62. The number of halogens is 2. The maximum atomic E-state index is 14.0. The fraction of sp³-hybridized carbons (Fsp3) is 0.333. The summed E-state index contributed by atoms with van der Waals surface area (Å²) < 4.78 is 61.0. The van der Waals surface area contributed by atoms with E-state index in [0.717, 1.165) is 23.8 Å². The quantitative estimate of drug-likeness (QED) is 0.833. The van der Waals surface area contributed by atoms with Gasteiger partial charge in [-0.3, -0.25) is 4.90 Å². The zero-order chi connectivity index (χ0) is 18.6. The predicted molar refractivity (Wildman–Crippen MR) is 93.1 cm³/mol. The summed E-state index contributed by atoms with van der Waals surface area (Å²) in [5, 5.41) is 0. The summed E-state index contributed by atoms with van der Waals surface area (Å²) in [6.45, 7) is 2.84. The maximum Gasteiger partial charge on any atom is 0.247 e. The highest BCUT2D eigenvalue weighted by Gasteiger charge is 2.28. The molecular formula is C18H20F2N2O3S. The highest BCUT2D eigenvalue weighted by atomic mass is 32.2. The van der Waals surface area contributed by atoms with E-state index < -0.39 is 32.6 Å². The first-order valence-corrected chi connectivity index (χ1v) is 9.77. The van der Waals surface area contributed by atoms with Gasteiger partial charge in [0.15, 0.2) is 4.90 Å². The molecule has 0 saturated carbocycles. The second-order valence-electron chi connectivity index (χ2n) is 6.05. The molecular weight excluding hydrogens is 362 g/mol. The Balaban J connectivity index is 1.89. The minimum atomic E-state index is -4.38. The van der Waals surface area contributed by atoms with Gasteiger partial charge in [0.2, 0.25) is 10.0 Å². The molecule has 0 amide bonds. The second kappa shape index (κ2) is 8.22. The van der Waals surface area contributed by atoms with E-state index in [0.29, 0.717) is 32.8 Å². The van der Waals surface area contributed by atoms with Crippen LogP contribution in [-0.4, -0.2) is 46.2 Å². The van der Waals surface area contributed by atoms with Crippen LogP contribution < -0.4 is 4.72 Å². The van der Waals surface area contributed by atoms with Crippen LogP contribution in [0.2, 0.25) is 0 Å². The first kappa shape index (κ1) is 18.9. The van der Waals surface area contributed by atoms with Crippen molar-refractivity contribution in [3.05, 3.63) is 65.7 Å². The van der Waals surface area contributed by atoms with Crippen molar-refractivity contribution in [2.75, 3.05) is 32.8 Å². The lowest BCUT2D eigenvalue weighted by atomic mass is 10.1. The third-order valence-electron chi connectivity index (χ3n) is 4.23. The van der Waals surface area contributed by atoms with Crippen molar-refractivity contribution in [3.63, 3.8) is 0 Å². The van der Waals surface area contributed by atoms with E-state index in [9.17, 15) is 17.2 Å². The Labute approximate surface area is 151 Å². The second-order valence-corrected chi connectivity index (χ2v) is 7.70. The van der Waals surface area contributed by atoms with Gasteiger partial charge in [0.1, 0.15) is 11.6 Å². The van der Waals surface area contributed by atoms with Crippen LogP contribution in [0.3, 0.4) is 0 Å². The number of ether oxygens (including phenoxy) is 1. The van der Waals surface area contributed by atoms with Crippen LogP contribution in [0.15, 0.2) is 53.4 Å². The molecule has 0 unspecified atom stereocenters. The zero-order valence-corrected chi connectivity index (χ0v) is 14.9. The zero-order valence-electron chi connectivity index (χ0n) is 14.1. The Bertz CT molecular complexity index is 821. The van der Waals surface area contributed by atoms with Crippen molar-refractivity contribution in [3.8, 4) is 0 Å². The van der Waals surface area contributed by atoms with Gasteiger partial charge in [-0.15, -0.1) is 0 Å². The number of nitrogens with zero attached hydrogens (tertiary/aromatic N) is 1. The standard InChI is InChI=1S/C18H20F2N2O3S/c19-15-7-4-8-16(20)18(15)26(23,24)21-17(14-5-2-1-3-6-14)13-22-9-11-25-12-10-22/h1-8,17,21H,9-13H2/t17-/m0/s1. The molecule has 3 rings (SSSR count). The third-order valence-corrected chi connectivity index (χ3v) is 5.75. The highest BCUT2D eigenvalue weighted by molar-refractivity contribution is 7.89. The SMILES string of the molecule is O=S(=O)(N[C@@H](CN1CCOCC1)c1ccccc1)c1c(F)cccc1F. The van der Waals surface area contributed by atoms with Gasteiger partial charge in [0.25, 0.3) is 0 Å². The van der Waals surface area contributed by atoms with Gasteiger partial charge < -0.3 is 4.74 Å². The molecule has 8 heteroatoms. The lowest BCUT2D eigenvalue weighted by molar-refractivity contribution is 0.0345. The predicted octanol–water partition coefficient (Wildman–Crippen LogP) is 2.32. The molecule has 0 radical (unpaired) electrons. The molecule has 140 valence electrons. The summed E-state index contributed by atoms with van der Waals surface area (Å²) in [7, 11) is -4.38. The molecule has 5 nitrogen and oxygen atoms in total. The molecule has 1 aliphatic rings. The molecule has 2 aromatic rings. The van der Waals surface area contributed by atoms with E-state index in [-0.39, 0.29) is 0 Å². The van der Waals surface area contributed by atoms with Crippen LogP contribution in [-0.2, 0) is 14.8 Å². The Hall–Kier alpha value is -1.87. The van der Waals surface area contributed by atoms with Crippen molar-refractivity contribution in [2.24, 2.45) is 0 Å². The summed E-state index contributed by atoms with van der Waals surface area (Å²) in [5.41, 5.74) is 0.722. The molecule has 0 spiro atoms.